The largest absolute Gasteiger partial charge is 0.453 e. The summed E-state index contributed by atoms with van der Waals surface area (Å²) in [5.74, 6) is 1.56. The zero-order chi connectivity index (χ0) is 54.0. The van der Waals surface area contributed by atoms with Crippen molar-refractivity contribution in [1.82, 2.24) is 14.1 Å². The maximum atomic E-state index is 7.70. The maximum absolute atomic E-state index is 7.70. The van der Waals surface area contributed by atoms with Crippen LogP contribution in [0.1, 0.15) is 0 Å². The van der Waals surface area contributed by atoms with Crippen LogP contribution in [0.2, 0.25) is 0 Å². The first-order valence-corrected chi connectivity index (χ1v) is 29.0. The predicted octanol–water partition coefficient (Wildman–Crippen LogP) is 17.9. The molecule has 0 bridgehead atoms. The SMILES string of the molecule is c1ccc(N2c3cnccc3B3c4cc5c(cc4N(c4ccccc4)c4cc(-n6c7ccccc7c7ccccc76)cc2c43)Oc2cc(-n3c4ccccc4c4ccccc43)cc3c2N5c2sc4ccccc4c2N3c2ccccc2)cc1. The fourth-order valence-corrected chi connectivity index (χ4v) is 15.5. The van der Waals surface area contributed by atoms with E-state index >= 15 is 0 Å². The molecule has 0 unspecified atom stereocenters. The Labute approximate surface area is 481 Å². The van der Waals surface area contributed by atoms with E-state index < -0.39 is 0 Å². The van der Waals surface area contributed by atoms with Gasteiger partial charge in [-0.15, -0.1) is 11.3 Å². The summed E-state index contributed by atoms with van der Waals surface area (Å²) in [6.07, 6.45) is 4.03. The number of aromatic nitrogens is 3. The molecule has 0 aliphatic carbocycles. The molecule has 0 saturated heterocycles. The van der Waals surface area contributed by atoms with Gasteiger partial charge in [-0.1, -0.05) is 146 Å². The van der Waals surface area contributed by atoms with Crippen molar-refractivity contribution in [3.8, 4) is 22.9 Å². The van der Waals surface area contributed by atoms with Gasteiger partial charge in [0.25, 0.3) is 6.71 Å². The van der Waals surface area contributed by atoms with E-state index in [1.807, 2.05) is 17.5 Å². The highest BCUT2D eigenvalue weighted by Crippen LogP contribution is 2.66. The summed E-state index contributed by atoms with van der Waals surface area (Å²) in [6.45, 7) is -0.198. The fourth-order valence-electron chi connectivity index (χ4n) is 14.3. The van der Waals surface area contributed by atoms with Crippen molar-refractivity contribution in [3.63, 3.8) is 0 Å². The molecule has 0 N–H and O–H groups in total. The Kier molecular flexibility index (Phi) is 9.14. The normalized spacial score (nSPS) is 13.5. The standard InChI is InChI=1S/C73H44BN7OS/c1-4-20-45(21-5-1)76-61-43-67-62(42-56(61)74-55-36-37-75-44-66(55)77(46-22-6-2-7-23-46)64-39-48(38-63(76)70(64)74)78-57-31-15-10-26-50(57)51-27-11-16-32-58(51)78)81-72-65(80(47-24-8-3-9-25-47)71-54-30-14-19-35-69(54)83-73(71)81)40-49(41-68(72)82-67)79-59-33-17-12-28-52(59)53-29-13-18-34-60(53)79/h1-44H. The molecule has 19 rings (SSSR count). The van der Waals surface area contributed by atoms with Crippen LogP contribution < -0.4 is 40.7 Å². The molecule has 83 heavy (non-hydrogen) atoms. The number of para-hydroxylation sites is 7. The van der Waals surface area contributed by atoms with Gasteiger partial charge in [0.05, 0.1) is 62.4 Å². The van der Waals surface area contributed by atoms with Crippen LogP contribution in [0, 0.1) is 0 Å². The highest BCUT2D eigenvalue weighted by molar-refractivity contribution is 7.24. The lowest BCUT2D eigenvalue weighted by Gasteiger charge is -2.46. The van der Waals surface area contributed by atoms with E-state index in [4.69, 9.17) is 9.72 Å². The van der Waals surface area contributed by atoms with Crippen LogP contribution in [0.15, 0.2) is 267 Å². The zero-order valence-corrected chi connectivity index (χ0v) is 45.2. The van der Waals surface area contributed by atoms with E-state index in [1.165, 1.54) is 48.0 Å². The molecule has 0 atom stereocenters. The Bertz CT molecular complexity index is 5140. The Morgan fingerprint density at radius 1 is 0.337 bits per heavy atom. The molecule has 10 heteroatoms. The van der Waals surface area contributed by atoms with Crippen molar-refractivity contribution in [3.05, 3.63) is 267 Å². The number of ether oxygens (including phenoxy) is 1. The van der Waals surface area contributed by atoms with Crippen molar-refractivity contribution in [2.45, 2.75) is 0 Å². The van der Waals surface area contributed by atoms with Gasteiger partial charge in [0.1, 0.15) is 10.7 Å². The number of nitrogens with zero attached hydrogens (tertiary/aromatic N) is 7. The molecular weight excluding hydrogens is 1030 g/mol. The number of rotatable bonds is 5. The number of anilines is 12. The van der Waals surface area contributed by atoms with Gasteiger partial charge in [-0.25, -0.2) is 0 Å². The second kappa shape index (κ2) is 16.9. The number of fused-ring (bicyclic) bond motifs is 16. The molecule has 0 spiro atoms. The fraction of sp³-hybridized carbons (Fsp3) is 0. The third-order valence-electron chi connectivity index (χ3n) is 17.6. The first-order valence-electron chi connectivity index (χ1n) is 28.2. The summed E-state index contributed by atoms with van der Waals surface area (Å²) in [5.41, 5.74) is 21.9. The molecule has 4 aliphatic rings. The van der Waals surface area contributed by atoms with Crippen molar-refractivity contribution < 1.29 is 4.74 Å². The highest BCUT2D eigenvalue weighted by atomic mass is 32.1. The maximum Gasteiger partial charge on any atom is 0.252 e. The van der Waals surface area contributed by atoms with Crippen molar-refractivity contribution in [2.24, 2.45) is 0 Å². The summed E-state index contributed by atoms with van der Waals surface area (Å²) in [4.78, 5) is 14.9. The van der Waals surface area contributed by atoms with Crippen LogP contribution in [0.4, 0.5) is 67.6 Å². The minimum Gasteiger partial charge on any atom is -0.453 e. The summed E-state index contributed by atoms with van der Waals surface area (Å²) >= 11 is 1.83. The van der Waals surface area contributed by atoms with Gasteiger partial charge < -0.3 is 28.6 Å². The van der Waals surface area contributed by atoms with E-state index in [0.717, 1.165) is 113 Å². The lowest BCUT2D eigenvalue weighted by atomic mass is 9.33. The van der Waals surface area contributed by atoms with Crippen LogP contribution in [0.25, 0.3) is 65.1 Å². The molecule has 0 fully saturated rings. The second-order valence-electron chi connectivity index (χ2n) is 21.9. The summed E-state index contributed by atoms with van der Waals surface area (Å²) < 4.78 is 13.8. The van der Waals surface area contributed by atoms with Crippen LogP contribution in [-0.4, -0.2) is 20.8 Å². The lowest BCUT2D eigenvalue weighted by Crippen LogP contribution is -2.61. The molecular formula is C73H44BN7OS. The molecule has 8 nitrogen and oxygen atoms in total. The zero-order valence-electron chi connectivity index (χ0n) is 44.4. The van der Waals surface area contributed by atoms with Gasteiger partial charge >= 0.3 is 0 Å². The Morgan fingerprint density at radius 3 is 1.40 bits per heavy atom. The van der Waals surface area contributed by atoms with Gasteiger partial charge in [0, 0.05) is 84.1 Å². The van der Waals surface area contributed by atoms with Gasteiger partial charge in [-0.3, -0.25) is 9.88 Å². The number of hydrogen-bond acceptors (Lipinski definition) is 7. The number of pyridine rings is 1. The molecule has 11 aromatic carbocycles. The summed E-state index contributed by atoms with van der Waals surface area (Å²) in [6, 6.07) is 93.1. The summed E-state index contributed by atoms with van der Waals surface area (Å²) in [7, 11) is 0. The van der Waals surface area contributed by atoms with Crippen LogP contribution in [0.5, 0.6) is 11.5 Å². The third-order valence-corrected chi connectivity index (χ3v) is 18.7. The molecule has 0 amide bonds. The van der Waals surface area contributed by atoms with Gasteiger partial charge in [0.2, 0.25) is 0 Å². The van der Waals surface area contributed by atoms with E-state index in [9.17, 15) is 0 Å². The van der Waals surface area contributed by atoms with Crippen molar-refractivity contribution >= 4 is 156 Å². The van der Waals surface area contributed by atoms with Gasteiger partial charge in [0.15, 0.2) is 11.5 Å². The van der Waals surface area contributed by atoms with E-state index in [2.05, 4.69) is 290 Å². The number of thiophene rings is 1. The minimum absolute atomic E-state index is 0.198. The Balaban J connectivity index is 0.922. The quantitative estimate of drug-likeness (QED) is 0.160. The van der Waals surface area contributed by atoms with Crippen LogP contribution >= 0.6 is 11.3 Å². The first-order chi connectivity index (χ1) is 41.2. The minimum atomic E-state index is -0.198. The van der Waals surface area contributed by atoms with Crippen molar-refractivity contribution in [2.75, 3.05) is 19.6 Å². The third kappa shape index (κ3) is 6.16. The first kappa shape index (κ1) is 45.0. The highest BCUT2D eigenvalue weighted by Gasteiger charge is 2.47. The van der Waals surface area contributed by atoms with Gasteiger partial charge in [-0.05, 0) is 113 Å². The van der Waals surface area contributed by atoms with E-state index in [-0.39, 0.29) is 6.71 Å². The average Bonchev–Trinajstić information content (AvgIpc) is 2.79. The Morgan fingerprint density at radius 2 is 0.819 bits per heavy atom. The second-order valence-corrected chi connectivity index (χ2v) is 22.9. The average molecular weight is 1080 g/mol. The monoisotopic (exact) mass is 1080 g/mol. The van der Waals surface area contributed by atoms with Crippen LogP contribution in [0.3, 0.4) is 0 Å². The Hall–Kier alpha value is -10.8. The molecule has 0 radical (unpaired) electrons. The predicted molar refractivity (Wildman–Crippen MR) is 345 cm³/mol. The molecule has 4 aliphatic heterocycles. The number of hydrogen-bond donors (Lipinski definition) is 0. The van der Waals surface area contributed by atoms with Gasteiger partial charge in [-0.2, -0.15) is 0 Å². The van der Waals surface area contributed by atoms with Crippen LogP contribution in [-0.2, 0) is 0 Å². The smallest absolute Gasteiger partial charge is 0.252 e. The molecule has 0 saturated carbocycles. The van der Waals surface area contributed by atoms with Crippen molar-refractivity contribution in [1.29, 1.82) is 0 Å². The molecule has 386 valence electrons. The number of benzene rings is 11. The molecule has 4 aromatic heterocycles. The molecule has 15 aromatic rings. The lowest BCUT2D eigenvalue weighted by molar-refractivity contribution is 0.477. The van der Waals surface area contributed by atoms with E-state index in [1.54, 1.807) is 0 Å². The van der Waals surface area contributed by atoms with E-state index in [0.29, 0.717) is 0 Å². The topological polar surface area (TPSA) is 44.9 Å². The summed E-state index contributed by atoms with van der Waals surface area (Å²) in [5, 5.41) is 7.17. The molecule has 8 heterocycles.